The first kappa shape index (κ1) is 18.7. The van der Waals surface area contributed by atoms with Crippen LogP contribution in [0.15, 0.2) is 0 Å². The Balaban J connectivity index is 3.08. The highest BCUT2D eigenvalue weighted by Gasteiger charge is 2.49. The van der Waals surface area contributed by atoms with Crippen molar-refractivity contribution in [3.63, 3.8) is 0 Å². The van der Waals surface area contributed by atoms with Crippen molar-refractivity contribution in [1.29, 1.82) is 0 Å². The third-order valence-corrected chi connectivity index (χ3v) is 3.46. The Morgan fingerprint density at radius 1 is 1.45 bits per heavy atom. The highest BCUT2D eigenvalue weighted by Crippen LogP contribution is 2.31. The fourth-order valence-corrected chi connectivity index (χ4v) is 2.67. The van der Waals surface area contributed by atoms with Crippen molar-refractivity contribution in [3.8, 4) is 12.3 Å². The third kappa shape index (κ3) is 4.87. The molecule has 7 nitrogen and oxygen atoms in total. The second-order valence-electron chi connectivity index (χ2n) is 6.56. The van der Waals surface area contributed by atoms with Crippen molar-refractivity contribution in [2.75, 3.05) is 12.9 Å². The molecule has 0 spiro atoms. The molecule has 1 saturated heterocycles. The van der Waals surface area contributed by atoms with E-state index in [1.54, 1.807) is 34.6 Å². The number of terminal acetylenes is 1. The van der Waals surface area contributed by atoms with Crippen LogP contribution in [0.25, 0.3) is 0 Å². The van der Waals surface area contributed by atoms with Gasteiger partial charge in [0.1, 0.15) is 17.4 Å². The van der Waals surface area contributed by atoms with E-state index in [2.05, 4.69) is 5.92 Å². The Bertz CT molecular complexity index is 569. The average molecular weight is 333 g/mol. The molecule has 0 N–H and O–H groups in total. The van der Waals surface area contributed by atoms with E-state index in [9.17, 15) is 13.2 Å². The second-order valence-corrected chi connectivity index (χ2v) is 8.16. The van der Waals surface area contributed by atoms with Gasteiger partial charge < -0.3 is 9.47 Å². The van der Waals surface area contributed by atoms with Crippen molar-refractivity contribution >= 4 is 16.2 Å². The zero-order valence-corrected chi connectivity index (χ0v) is 14.6. The monoisotopic (exact) mass is 333 g/mol. The fraction of sp³-hybridized carbons (Fsp3) is 0.786. The van der Waals surface area contributed by atoms with Crippen LogP contribution in [0.1, 0.15) is 34.6 Å². The molecular weight excluding hydrogens is 310 g/mol. The highest BCUT2D eigenvalue weighted by molar-refractivity contribution is 7.86. The third-order valence-electron chi connectivity index (χ3n) is 2.90. The van der Waals surface area contributed by atoms with E-state index in [-0.39, 0.29) is 6.61 Å². The minimum Gasteiger partial charge on any atom is -0.444 e. The predicted molar refractivity (Wildman–Crippen MR) is 80.4 cm³/mol. The minimum absolute atomic E-state index is 0.0522. The van der Waals surface area contributed by atoms with Gasteiger partial charge in [-0.25, -0.2) is 4.79 Å². The molecule has 2 atom stereocenters. The number of carbonyl (C=O) groups excluding carboxylic acids is 1. The first-order valence-electron chi connectivity index (χ1n) is 6.77. The van der Waals surface area contributed by atoms with Crippen LogP contribution in [-0.2, 0) is 23.8 Å². The number of amides is 1. The molecule has 1 rings (SSSR count). The minimum atomic E-state index is -3.77. The molecular formula is C14H23NO6S. The lowest BCUT2D eigenvalue weighted by Crippen LogP contribution is -2.53. The average Bonchev–Trinajstić information content (AvgIpc) is 2.58. The summed E-state index contributed by atoms with van der Waals surface area (Å²) in [7, 11) is -3.77. The van der Waals surface area contributed by atoms with Gasteiger partial charge in [-0.3, -0.25) is 9.08 Å². The Morgan fingerprint density at radius 3 is 2.41 bits per heavy atom. The SMILES string of the molecule is C#C[C@H](OS(C)(=O)=O)[C@H]1COC(C)(C)N1C(=O)OC(C)(C)C. The number of ether oxygens (including phenoxy) is 2. The number of rotatable bonds is 3. The first-order valence-corrected chi connectivity index (χ1v) is 8.59. The smallest absolute Gasteiger partial charge is 0.413 e. The van der Waals surface area contributed by atoms with Gasteiger partial charge in [0.25, 0.3) is 10.1 Å². The fourth-order valence-electron chi connectivity index (χ4n) is 2.11. The van der Waals surface area contributed by atoms with E-state index in [1.165, 1.54) is 4.90 Å². The van der Waals surface area contributed by atoms with E-state index >= 15 is 0 Å². The lowest BCUT2D eigenvalue weighted by Gasteiger charge is -2.36. The molecule has 0 saturated carbocycles. The number of hydrogen-bond acceptors (Lipinski definition) is 6. The van der Waals surface area contributed by atoms with Crippen LogP contribution in [0.3, 0.4) is 0 Å². The summed E-state index contributed by atoms with van der Waals surface area (Å²) in [6, 6.07) is -0.760. The van der Waals surface area contributed by atoms with Gasteiger partial charge in [-0.1, -0.05) is 5.92 Å². The van der Waals surface area contributed by atoms with Gasteiger partial charge in [0, 0.05) is 0 Å². The van der Waals surface area contributed by atoms with Crippen molar-refractivity contribution in [3.05, 3.63) is 0 Å². The van der Waals surface area contributed by atoms with Crippen molar-refractivity contribution in [2.45, 2.75) is 58.1 Å². The normalized spacial score (nSPS) is 23.0. The molecule has 1 heterocycles. The lowest BCUT2D eigenvalue weighted by molar-refractivity contribution is -0.0650. The lowest BCUT2D eigenvalue weighted by atomic mass is 10.1. The van der Waals surface area contributed by atoms with Gasteiger partial charge in [0.05, 0.1) is 12.9 Å². The van der Waals surface area contributed by atoms with Crippen molar-refractivity contribution < 1.29 is 26.9 Å². The van der Waals surface area contributed by atoms with Gasteiger partial charge >= 0.3 is 6.09 Å². The van der Waals surface area contributed by atoms with Crippen LogP contribution in [0, 0.1) is 12.3 Å². The maximum absolute atomic E-state index is 12.4. The molecule has 0 aromatic carbocycles. The van der Waals surface area contributed by atoms with Crippen LogP contribution in [0.4, 0.5) is 4.79 Å². The summed E-state index contributed by atoms with van der Waals surface area (Å²) < 4.78 is 38.4. The van der Waals surface area contributed by atoms with Gasteiger partial charge in [0.2, 0.25) is 0 Å². The Labute approximate surface area is 132 Å². The number of hydrogen-bond donors (Lipinski definition) is 0. The molecule has 0 aromatic heterocycles. The largest absolute Gasteiger partial charge is 0.444 e. The van der Waals surface area contributed by atoms with Crippen LogP contribution in [-0.4, -0.2) is 55.7 Å². The molecule has 1 fully saturated rings. The molecule has 8 heteroatoms. The summed E-state index contributed by atoms with van der Waals surface area (Å²) in [5.74, 6) is 2.26. The Hall–Kier alpha value is -1.30. The molecule has 0 aliphatic carbocycles. The maximum Gasteiger partial charge on any atom is 0.413 e. The maximum atomic E-state index is 12.4. The highest BCUT2D eigenvalue weighted by atomic mass is 32.2. The molecule has 1 aliphatic rings. The summed E-state index contributed by atoms with van der Waals surface area (Å²) in [5, 5.41) is 0. The van der Waals surface area contributed by atoms with Crippen LogP contribution in [0.5, 0.6) is 0 Å². The van der Waals surface area contributed by atoms with E-state index in [0.29, 0.717) is 0 Å². The van der Waals surface area contributed by atoms with Gasteiger partial charge in [-0.05, 0) is 34.6 Å². The zero-order valence-electron chi connectivity index (χ0n) is 13.7. The van der Waals surface area contributed by atoms with Gasteiger partial charge in [-0.2, -0.15) is 8.42 Å². The molecule has 22 heavy (non-hydrogen) atoms. The first-order chi connectivity index (χ1) is 9.77. The summed E-state index contributed by atoms with van der Waals surface area (Å²) in [5.41, 5.74) is -1.69. The van der Waals surface area contributed by atoms with Crippen LogP contribution in [0.2, 0.25) is 0 Å². The Morgan fingerprint density at radius 2 is 2.00 bits per heavy atom. The summed E-state index contributed by atoms with van der Waals surface area (Å²) in [6.45, 7) is 8.59. The molecule has 0 aromatic rings. The van der Waals surface area contributed by atoms with Crippen LogP contribution < -0.4 is 0 Å². The summed E-state index contributed by atoms with van der Waals surface area (Å²) >= 11 is 0. The number of carbonyl (C=O) groups is 1. The van der Waals surface area contributed by atoms with E-state index < -0.39 is 39.7 Å². The molecule has 1 amide bonds. The molecule has 126 valence electrons. The van der Waals surface area contributed by atoms with Crippen LogP contribution >= 0.6 is 0 Å². The van der Waals surface area contributed by atoms with E-state index in [0.717, 1.165) is 6.26 Å². The van der Waals surface area contributed by atoms with E-state index in [1.807, 2.05) is 0 Å². The Kier molecular flexibility index (Phi) is 5.17. The topological polar surface area (TPSA) is 82.1 Å². The quantitative estimate of drug-likeness (QED) is 0.572. The summed E-state index contributed by atoms with van der Waals surface area (Å²) in [4.78, 5) is 13.7. The standard InChI is InChI=1S/C14H23NO6S/c1-8-11(21-22(7,17)18)10-9-19-14(5,6)15(10)12(16)20-13(2,3)4/h1,10-11H,9H2,2-7H3/t10-,11+/m1/s1. The van der Waals surface area contributed by atoms with Gasteiger partial charge in [-0.15, -0.1) is 6.42 Å². The number of nitrogens with zero attached hydrogens (tertiary/aromatic N) is 1. The van der Waals surface area contributed by atoms with E-state index in [4.69, 9.17) is 20.1 Å². The second kappa shape index (κ2) is 6.07. The molecule has 0 radical (unpaired) electrons. The van der Waals surface area contributed by atoms with Crippen molar-refractivity contribution in [1.82, 2.24) is 4.90 Å². The summed E-state index contributed by atoms with van der Waals surface area (Å²) in [6.07, 6.45) is 4.47. The molecule has 0 bridgehead atoms. The predicted octanol–water partition coefficient (Wildman–Crippen LogP) is 1.34. The van der Waals surface area contributed by atoms with Crippen molar-refractivity contribution in [2.24, 2.45) is 0 Å². The molecule has 0 unspecified atom stereocenters. The zero-order chi connectivity index (χ0) is 17.3. The van der Waals surface area contributed by atoms with Gasteiger partial charge in [0.15, 0.2) is 6.10 Å². The molecule has 1 aliphatic heterocycles.